The number of anilines is 1. The van der Waals surface area contributed by atoms with Crippen molar-refractivity contribution in [3.63, 3.8) is 0 Å². The van der Waals surface area contributed by atoms with Crippen molar-refractivity contribution in [2.45, 2.75) is 39.8 Å². The molecule has 1 fully saturated rings. The molecule has 2 atom stereocenters. The molecule has 0 spiro atoms. The molecule has 1 aliphatic rings. The van der Waals surface area contributed by atoms with Crippen molar-refractivity contribution < 1.29 is 13.9 Å². The van der Waals surface area contributed by atoms with E-state index in [1.54, 1.807) is 18.2 Å². The molecule has 158 valence electrons. The van der Waals surface area contributed by atoms with E-state index in [9.17, 15) is 14.0 Å². The molecule has 0 radical (unpaired) electrons. The van der Waals surface area contributed by atoms with E-state index in [-0.39, 0.29) is 18.6 Å². The van der Waals surface area contributed by atoms with Crippen molar-refractivity contribution >= 4 is 38.6 Å². The molecule has 1 N–H and O–H groups in total. The van der Waals surface area contributed by atoms with Crippen LogP contribution in [0.15, 0.2) is 39.9 Å². The molecular weight excluding hydrogens is 457 g/mol. The van der Waals surface area contributed by atoms with Gasteiger partial charge in [-0.15, -0.1) is 5.10 Å². The van der Waals surface area contributed by atoms with Crippen LogP contribution in [0.25, 0.3) is 10.8 Å². The number of benzene rings is 1. The van der Waals surface area contributed by atoms with Crippen LogP contribution < -0.4 is 15.6 Å². The van der Waals surface area contributed by atoms with Crippen molar-refractivity contribution in [1.29, 1.82) is 0 Å². The molecule has 8 nitrogen and oxygen atoms in total. The van der Waals surface area contributed by atoms with Gasteiger partial charge in [-0.25, -0.2) is 19.0 Å². The fourth-order valence-corrected chi connectivity index (χ4v) is 3.06. The lowest BCUT2D eigenvalue weighted by Crippen LogP contribution is -2.30. The Labute approximate surface area is 180 Å². The number of carbonyl (C=O) groups is 1. The molecule has 1 aliphatic carbocycles. The number of hydrogen-bond acceptors (Lipinski definition) is 6. The summed E-state index contributed by atoms with van der Waals surface area (Å²) < 4.78 is 20.6. The monoisotopic (exact) mass is 477 g/mol. The van der Waals surface area contributed by atoms with E-state index in [1.807, 2.05) is 13.8 Å². The second-order valence-electron chi connectivity index (χ2n) is 6.60. The third-order valence-electron chi connectivity index (χ3n) is 4.35. The van der Waals surface area contributed by atoms with E-state index in [1.165, 1.54) is 0 Å². The summed E-state index contributed by atoms with van der Waals surface area (Å²) in [5, 5.41) is 7.63. The van der Waals surface area contributed by atoms with Crippen molar-refractivity contribution in [1.82, 2.24) is 19.7 Å². The van der Waals surface area contributed by atoms with Gasteiger partial charge in [-0.2, -0.15) is 0 Å². The fourth-order valence-electron chi connectivity index (χ4n) is 2.69. The molecule has 0 saturated heterocycles. The number of nitrogens with zero attached hydrogens (tertiary/aromatic N) is 4. The summed E-state index contributed by atoms with van der Waals surface area (Å²) in [5.74, 6) is -0.525. The largest absolute Gasteiger partial charge is 0.473 e. The quantitative estimate of drug-likeness (QED) is 0.603. The molecule has 1 saturated carbocycles. The molecule has 1 amide bonds. The Kier molecular flexibility index (Phi) is 6.76. The first kappa shape index (κ1) is 21.8. The van der Waals surface area contributed by atoms with Crippen LogP contribution in [0.3, 0.4) is 0 Å². The molecule has 0 aliphatic heterocycles. The summed E-state index contributed by atoms with van der Waals surface area (Å²) in [4.78, 5) is 32.4. The van der Waals surface area contributed by atoms with Gasteiger partial charge in [-0.1, -0.05) is 36.7 Å². The highest BCUT2D eigenvalue weighted by Crippen LogP contribution is 2.35. The third kappa shape index (κ3) is 4.99. The molecule has 0 bridgehead atoms. The summed E-state index contributed by atoms with van der Waals surface area (Å²) in [5.41, 5.74) is -0.422. The van der Waals surface area contributed by atoms with Gasteiger partial charge >= 0.3 is 0 Å². The minimum atomic E-state index is -0.618. The number of carbonyl (C=O) groups excluding carboxylic acids is 1. The van der Waals surface area contributed by atoms with E-state index < -0.39 is 17.3 Å². The van der Waals surface area contributed by atoms with Gasteiger partial charge in [-0.05, 0) is 30.5 Å². The van der Waals surface area contributed by atoms with E-state index in [0.717, 1.165) is 28.0 Å². The fraction of sp³-hybridized carbons (Fsp3) is 0.350. The average Bonchev–Trinajstić information content (AvgIpc) is 3.43. The molecule has 4 rings (SSSR count). The van der Waals surface area contributed by atoms with Crippen LogP contribution in [0.5, 0.6) is 5.88 Å². The predicted octanol–water partition coefficient (Wildman–Crippen LogP) is 3.54. The van der Waals surface area contributed by atoms with Gasteiger partial charge in [0.2, 0.25) is 17.7 Å². The Hall–Kier alpha value is -2.88. The number of hydrogen-bond donors (Lipinski definition) is 1. The topological polar surface area (TPSA) is 99.0 Å². The summed E-state index contributed by atoms with van der Waals surface area (Å²) in [7, 11) is 0. The van der Waals surface area contributed by atoms with Gasteiger partial charge in [0.05, 0.1) is 23.2 Å². The lowest BCUT2D eigenvalue weighted by atomic mass is 10.2. The molecular formula is C20H21BrFN5O3. The Morgan fingerprint density at radius 2 is 1.97 bits per heavy atom. The lowest BCUT2D eigenvalue weighted by Gasteiger charge is -2.12. The van der Waals surface area contributed by atoms with Crippen molar-refractivity contribution in [3.05, 3.63) is 51.2 Å². The zero-order valence-corrected chi connectivity index (χ0v) is 18.3. The maximum absolute atomic E-state index is 12.9. The van der Waals surface area contributed by atoms with Crippen LogP contribution in [-0.4, -0.2) is 31.8 Å². The first-order chi connectivity index (χ1) is 14.4. The molecule has 3 aromatic rings. The molecule has 1 aromatic carbocycles. The minimum absolute atomic E-state index is 0.0436. The van der Waals surface area contributed by atoms with E-state index in [2.05, 4.69) is 43.2 Å². The number of nitrogens with one attached hydrogen (secondary N) is 1. The number of amides is 1. The van der Waals surface area contributed by atoms with Crippen molar-refractivity contribution in [3.8, 4) is 5.88 Å². The summed E-state index contributed by atoms with van der Waals surface area (Å²) in [6.07, 6.45) is 2.83. The number of aromatic nitrogens is 4. The summed E-state index contributed by atoms with van der Waals surface area (Å²) in [6, 6.07) is 5.16. The molecule has 2 heterocycles. The van der Waals surface area contributed by atoms with Gasteiger partial charge in [-0.3, -0.25) is 14.9 Å². The second kappa shape index (κ2) is 9.29. The summed E-state index contributed by atoms with van der Waals surface area (Å²) in [6.45, 7) is 5.71. The highest BCUT2D eigenvalue weighted by molar-refractivity contribution is 9.10. The van der Waals surface area contributed by atoms with Gasteiger partial charge < -0.3 is 4.74 Å². The third-order valence-corrected chi connectivity index (χ3v) is 4.85. The lowest BCUT2D eigenvalue weighted by molar-refractivity contribution is -0.117. The predicted molar refractivity (Wildman–Crippen MR) is 114 cm³/mol. The van der Waals surface area contributed by atoms with E-state index in [4.69, 9.17) is 4.74 Å². The molecule has 30 heavy (non-hydrogen) atoms. The number of fused-ring (bicyclic) bond motifs is 1. The van der Waals surface area contributed by atoms with Crippen LogP contribution in [0, 0.1) is 11.7 Å². The maximum Gasteiger partial charge on any atom is 0.275 e. The van der Waals surface area contributed by atoms with Crippen molar-refractivity contribution in [2.75, 3.05) is 5.32 Å². The minimum Gasteiger partial charge on any atom is -0.473 e. The van der Waals surface area contributed by atoms with Gasteiger partial charge in [0.15, 0.2) is 5.82 Å². The zero-order chi connectivity index (χ0) is 21.8. The number of rotatable bonds is 5. The van der Waals surface area contributed by atoms with Crippen LogP contribution in [0.4, 0.5) is 10.3 Å². The van der Waals surface area contributed by atoms with Crippen molar-refractivity contribution in [2.24, 2.45) is 5.92 Å². The van der Waals surface area contributed by atoms with Gasteiger partial charge in [0.25, 0.3) is 5.56 Å². The SMILES string of the molecule is CC.CC1CC1Oc1nn(CC(=O)Nc2ncc(F)cn2)c(=O)c2ccc(Br)cc12. The Balaban J connectivity index is 0.00000124. The van der Waals surface area contributed by atoms with E-state index >= 15 is 0 Å². The highest BCUT2D eigenvalue weighted by Gasteiger charge is 2.36. The van der Waals surface area contributed by atoms with Gasteiger partial charge in [0.1, 0.15) is 12.6 Å². The Morgan fingerprint density at radius 1 is 1.30 bits per heavy atom. The number of ether oxygens (including phenoxy) is 1. The normalized spacial score (nSPS) is 17.1. The first-order valence-corrected chi connectivity index (χ1v) is 10.3. The van der Waals surface area contributed by atoms with Crippen LogP contribution in [0.2, 0.25) is 0 Å². The smallest absolute Gasteiger partial charge is 0.275 e. The zero-order valence-electron chi connectivity index (χ0n) is 16.7. The molecule has 2 unspecified atom stereocenters. The first-order valence-electron chi connectivity index (χ1n) is 9.55. The average molecular weight is 478 g/mol. The molecule has 2 aromatic heterocycles. The maximum atomic E-state index is 12.9. The number of halogens is 2. The van der Waals surface area contributed by atoms with Gasteiger partial charge in [0, 0.05) is 4.47 Å². The Morgan fingerprint density at radius 3 is 2.60 bits per heavy atom. The van der Waals surface area contributed by atoms with E-state index in [0.29, 0.717) is 22.6 Å². The second-order valence-corrected chi connectivity index (χ2v) is 7.52. The highest BCUT2D eigenvalue weighted by atomic mass is 79.9. The van der Waals surface area contributed by atoms with Crippen LogP contribution >= 0.6 is 15.9 Å². The Bertz CT molecular complexity index is 1120. The molecule has 10 heteroatoms. The standard InChI is InChI=1S/C18H15BrFN5O3.C2H6/c1-9-4-14(9)28-16-13-5-10(19)2-3-12(13)17(27)25(24-16)8-15(26)23-18-21-6-11(20)7-22-18;1-2/h2-3,5-7,9,14H,4,8H2,1H3,(H,21,22,23,26);1-2H3. The van der Waals surface area contributed by atoms with Crippen LogP contribution in [0.1, 0.15) is 27.2 Å². The summed E-state index contributed by atoms with van der Waals surface area (Å²) >= 11 is 3.39. The van der Waals surface area contributed by atoms with Crippen LogP contribution in [-0.2, 0) is 11.3 Å².